The van der Waals surface area contributed by atoms with E-state index >= 15 is 0 Å². The first kappa shape index (κ1) is 13.5. The van der Waals surface area contributed by atoms with Crippen molar-refractivity contribution in [2.24, 2.45) is 0 Å². The van der Waals surface area contributed by atoms with Crippen LogP contribution in [0.2, 0.25) is 0 Å². The average molecular weight is 265 g/mol. The van der Waals surface area contributed by atoms with Gasteiger partial charge in [-0.15, -0.1) is 11.3 Å². The van der Waals surface area contributed by atoms with E-state index in [4.69, 9.17) is 4.74 Å². The number of nitrogens with zero attached hydrogens (tertiary/aromatic N) is 1. The van der Waals surface area contributed by atoms with Crippen LogP contribution in [0.1, 0.15) is 24.8 Å². The van der Waals surface area contributed by atoms with Gasteiger partial charge in [0, 0.05) is 13.5 Å². The van der Waals surface area contributed by atoms with E-state index < -0.39 is 0 Å². The molecule has 0 amide bonds. The number of methoxy groups -OCH3 is 1. The lowest BCUT2D eigenvalue weighted by atomic mass is 10.1. The number of aliphatic hydroxyl groups excluding tert-OH is 1. The summed E-state index contributed by atoms with van der Waals surface area (Å²) in [5.41, 5.74) is 1.02. The maximum absolute atomic E-state index is 9.98. The molecule has 1 aromatic carbocycles. The molecule has 0 aliphatic rings. The Bertz CT molecular complexity index is 464. The fraction of sp³-hybridized carbons (Fsp3) is 0.500. The zero-order valence-electron chi connectivity index (χ0n) is 10.8. The summed E-state index contributed by atoms with van der Waals surface area (Å²) in [6, 6.07) is 8.08. The minimum atomic E-state index is -0.330. The first-order valence-electron chi connectivity index (χ1n) is 6.24. The summed E-state index contributed by atoms with van der Waals surface area (Å²) >= 11 is 1.66. The van der Waals surface area contributed by atoms with Crippen molar-refractivity contribution < 1.29 is 9.84 Å². The van der Waals surface area contributed by atoms with Crippen molar-refractivity contribution in [2.45, 2.75) is 38.4 Å². The molecule has 2 unspecified atom stereocenters. The first-order valence-corrected chi connectivity index (χ1v) is 7.06. The van der Waals surface area contributed by atoms with Crippen molar-refractivity contribution in [1.82, 2.24) is 4.98 Å². The van der Waals surface area contributed by atoms with Crippen molar-refractivity contribution >= 4 is 21.6 Å². The Morgan fingerprint density at radius 2 is 2.11 bits per heavy atom. The molecule has 2 rings (SSSR count). The van der Waals surface area contributed by atoms with Gasteiger partial charge >= 0.3 is 0 Å². The van der Waals surface area contributed by atoms with Gasteiger partial charge in [-0.05, 0) is 31.9 Å². The van der Waals surface area contributed by atoms with Crippen LogP contribution in [0, 0.1) is 0 Å². The summed E-state index contributed by atoms with van der Waals surface area (Å²) in [6.07, 6.45) is 2.14. The van der Waals surface area contributed by atoms with E-state index in [2.05, 4.69) is 11.1 Å². The van der Waals surface area contributed by atoms with E-state index in [9.17, 15) is 5.11 Å². The van der Waals surface area contributed by atoms with Gasteiger partial charge in [0.25, 0.3) is 0 Å². The third-order valence-electron chi connectivity index (χ3n) is 3.06. The normalized spacial score (nSPS) is 14.8. The Labute approximate surface area is 111 Å². The molecule has 0 radical (unpaired) electrons. The molecule has 1 heterocycles. The van der Waals surface area contributed by atoms with Crippen LogP contribution in [0.25, 0.3) is 10.2 Å². The molecule has 0 aliphatic carbocycles. The van der Waals surface area contributed by atoms with Crippen LogP contribution >= 0.6 is 11.3 Å². The highest BCUT2D eigenvalue weighted by atomic mass is 32.1. The Morgan fingerprint density at radius 1 is 1.33 bits per heavy atom. The molecule has 98 valence electrons. The molecule has 0 spiro atoms. The van der Waals surface area contributed by atoms with Gasteiger partial charge in [-0.1, -0.05) is 12.1 Å². The predicted octanol–water partition coefficient (Wildman–Crippen LogP) is 3.01. The van der Waals surface area contributed by atoms with Gasteiger partial charge in [-0.25, -0.2) is 4.98 Å². The van der Waals surface area contributed by atoms with Gasteiger partial charge < -0.3 is 9.84 Å². The largest absolute Gasteiger partial charge is 0.393 e. The van der Waals surface area contributed by atoms with Crippen molar-refractivity contribution in [2.75, 3.05) is 7.11 Å². The summed E-state index contributed by atoms with van der Waals surface area (Å²) in [4.78, 5) is 4.53. The molecule has 18 heavy (non-hydrogen) atoms. The Balaban J connectivity index is 1.92. The fourth-order valence-corrected chi connectivity index (χ4v) is 2.89. The molecule has 4 heteroatoms. The lowest BCUT2D eigenvalue weighted by Crippen LogP contribution is -2.14. The highest BCUT2D eigenvalue weighted by Gasteiger charge is 2.11. The van der Waals surface area contributed by atoms with E-state index in [0.29, 0.717) is 6.42 Å². The molecule has 0 bridgehead atoms. The number of hydrogen-bond donors (Lipinski definition) is 1. The van der Waals surface area contributed by atoms with E-state index in [0.717, 1.165) is 23.4 Å². The van der Waals surface area contributed by atoms with Crippen molar-refractivity contribution in [3.63, 3.8) is 0 Å². The Hall–Kier alpha value is -0.970. The molecule has 0 saturated carbocycles. The topological polar surface area (TPSA) is 42.4 Å². The smallest absolute Gasteiger partial charge is 0.0964 e. The predicted molar refractivity (Wildman–Crippen MR) is 75.0 cm³/mol. The van der Waals surface area contributed by atoms with E-state index in [1.807, 2.05) is 25.1 Å². The maximum atomic E-state index is 9.98. The molecular formula is C14H19NO2S. The lowest BCUT2D eigenvalue weighted by Gasteiger charge is -2.12. The third kappa shape index (κ3) is 3.51. The second-order valence-electron chi connectivity index (χ2n) is 4.56. The molecule has 3 nitrogen and oxygen atoms in total. The zero-order valence-corrected chi connectivity index (χ0v) is 11.6. The molecule has 2 atom stereocenters. The fourth-order valence-electron chi connectivity index (χ4n) is 1.86. The summed E-state index contributed by atoms with van der Waals surface area (Å²) < 4.78 is 6.36. The van der Waals surface area contributed by atoms with Gasteiger partial charge in [0.1, 0.15) is 0 Å². The van der Waals surface area contributed by atoms with E-state index in [-0.39, 0.29) is 12.2 Å². The summed E-state index contributed by atoms with van der Waals surface area (Å²) in [5.74, 6) is 0. The average Bonchev–Trinajstić information content (AvgIpc) is 2.77. The van der Waals surface area contributed by atoms with Gasteiger partial charge in [0.2, 0.25) is 0 Å². The molecule has 0 saturated heterocycles. The SMILES string of the molecule is COC(C)CCC(O)Cc1nc2ccccc2s1. The molecule has 0 fully saturated rings. The van der Waals surface area contributed by atoms with Gasteiger partial charge in [-0.3, -0.25) is 0 Å². The standard InChI is InChI=1S/C14H19NO2S/c1-10(17-2)7-8-11(16)9-14-15-12-5-3-4-6-13(12)18-14/h3-6,10-11,16H,7-9H2,1-2H3. The second kappa shape index (κ2) is 6.27. The number of fused-ring (bicyclic) bond motifs is 1. The molecule has 1 aromatic heterocycles. The zero-order chi connectivity index (χ0) is 13.0. The quantitative estimate of drug-likeness (QED) is 0.873. The van der Waals surface area contributed by atoms with Gasteiger partial charge in [-0.2, -0.15) is 0 Å². The number of ether oxygens (including phenoxy) is 1. The van der Waals surface area contributed by atoms with Crippen molar-refractivity contribution in [3.8, 4) is 0 Å². The lowest BCUT2D eigenvalue weighted by molar-refractivity contribution is 0.0851. The van der Waals surface area contributed by atoms with Crippen LogP contribution in [0.4, 0.5) is 0 Å². The highest BCUT2D eigenvalue weighted by Crippen LogP contribution is 2.23. The number of hydrogen-bond acceptors (Lipinski definition) is 4. The molecule has 1 N–H and O–H groups in total. The van der Waals surface area contributed by atoms with Gasteiger partial charge in [0.15, 0.2) is 0 Å². The third-order valence-corrected chi connectivity index (χ3v) is 4.12. The highest BCUT2D eigenvalue weighted by molar-refractivity contribution is 7.18. The number of aliphatic hydroxyl groups is 1. The monoisotopic (exact) mass is 265 g/mol. The number of thiazole rings is 1. The second-order valence-corrected chi connectivity index (χ2v) is 5.67. The van der Waals surface area contributed by atoms with E-state index in [1.54, 1.807) is 18.4 Å². The number of aromatic nitrogens is 1. The van der Waals surface area contributed by atoms with Crippen LogP contribution in [0.15, 0.2) is 24.3 Å². The van der Waals surface area contributed by atoms with Crippen molar-refractivity contribution in [1.29, 1.82) is 0 Å². The maximum Gasteiger partial charge on any atom is 0.0964 e. The van der Waals surface area contributed by atoms with Crippen LogP contribution in [0.5, 0.6) is 0 Å². The number of para-hydroxylation sites is 1. The minimum absolute atomic E-state index is 0.204. The molecule has 2 aromatic rings. The Morgan fingerprint density at radius 3 is 2.83 bits per heavy atom. The van der Waals surface area contributed by atoms with Crippen LogP contribution in [-0.2, 0) is 11.2 Å². The van der Waals surface area contributed by atoms with Crippen molar-refractivity contribution in [3.05, 3.63) is 29.3 Å². The number of rotatable bonds is 6. The van der Waals surface area contributed by atoms with Crippen LogP contribution in [-0.4, -0.2) is 29.4 Å². The summed E-state index contributed by atoms with van der Waals surface area (Å²) in [6.45, 7) is 2.02. The van der Waals surface area contributed by atoms with Crippen LogP contribution < -0.4 is 0 Å². The summed E-state index contributed by atoms with van der Waals surface area (Å²) in [5, 5.41) is 11.0. The molecule has 0 aliphatic heterocycles. The Kier molecular flexibility index (Phi) is 4.69. The first-order chi connectivity index (χ1) is 8.69. The minimum Gasteiger partial charge on any atom is -0.393 e. The van der Waals surface area contributed by atoms with Crippen LogP contribution in [0.3, 0.4) is 0 Å². The van der Waals surface area contributed by atoms with Gasteiger partial charge in [0.05, 0.1) is 27.4 Å². The number of benzene rings is 1. The molecular weight excluding hydrogens is 246 g/mol. The summed E-state index contributed by atoms with van der Waals surface area (Å²) in [7, 11) is 1.70. The van der Waals surface area contributed by atoms with E-state index in [1.165, 1.54) is 4.70 Å².